The van der Waals surface area contributed by atoms with Gasteiger partial charge in [-0.15, -0.1) is 11.3 Å². The molecule has 2 atom stereocenters. The molecular formula is C19H22ClN3S. The van der Waals surface area contributed by atoms with E-state index in [0.29, 0.717) is 16.7 Å². The highest BCUT2D eigenvalue weighted by molar-refractivity contribution is 7.14. The molecule has 0 radical (unpaired) electrons. The molecule has 1 heterocycles. The van der Waals surface area contributed by atoms with Crippen molar-refractivity contribution in [3.63, 3.8) is 0 Å². The van der Waals surface area contributed by atoms with Gasteiger partial charge >= 0.3 is 0 Å². The highest BCUT2D eigenvalue weighted by atomic mass is 35.5. The van der Waals surface area contributed by atoms with E-state index in [1.807, 2.05) is 24.3 Å². The molecular weight excluding hydrogens is 338 g/mol. The normalized spacial score (nSPS) is 29.3. The van der Waals surface area contributed by atoms with Gasteiger partial charge in [0.15, 0.2) is 0 Å². The van der Waals surface area contributed by atoms with Crippen LogP contribution in [0.5, 0.6) is 0 Å². The van der Waals surface area contributed by atoms with E-state index >= 15 is 0 Å². The Morgan fingerprint density at radius 3 is 2.62 bits per heavy atom. The fourth-order valence-corrected chi connectivity index (χ4v) is 5.09. The maximum absolute atomic E-state index is 5.94. The summed E-state index contributed by atoms with van der Waals surface area (Å²) < 4.78 is 0. The highest BCUT2D eigenvalue weighted by Crippen LogP contribution is 2.64. The van der Waals surface area contributed by atoms with Gasteiger partial charge < -0.3 is 0 Å². The Bertz CT molecular complexity index is 790. The summed E-state index contributed by atoms with van der Waals surface area (Å²) in [4.78, 5) is 4.64. The maximum Gasteiger partial charge on any atom is 0.203 e. The summed E-state index contributed by atoms with van der Waals surface area (Å²) >= 11 is 7.53. The summed E-state index contributed by atoms with van der Waals surface area (Å²) in [6.07, 6.45) is 3.69. The second-order valence-corrected chi connectivity index (χ2v) is 9.10. The van der Waals surface area contributed by atoms with Crippen LogP contribution in [0.4, 0.5) is 5.13 Å². The van der Waals surface area contributed by atoms with Gasteiger partial charge in [-0.3, -0.25) is 5.43 Å². The molecule has 2 aliphatic carbocycles. The van der Waals surface area contributed by atoms with Crippen molar-refractivity contribution in [2.45, 2.75) is 40.0 Å². The van der Waals surface area contributed by atoms with Crippen LogP contribution in [0.15, 0.2) is 34.7 Å². The molecule has 24 heavy (non-hydrogen) atoms. The van der Waals surface area contributed by atoms with Gasteiger partial charge in [0, 0.05) is 27.6 Å². The number of aromatic nitrogens is 1. The van der Waals surface area contributed by atoms with Crippen molar-refractivity contribution < 1.29 is 0 Å². The minimum atomic E-state index is 0.352. The topological polar surface area (TPSA) is 37.3 Å². The largest absolute Gasteiger partial charge is 0.253 e. The molecule has 2 saturated carbocycles. The molecule has 0 spiro atoms. The third-order valence-electron chi connectivity index (χ3n) is 6.32. The first kappa shape index (κ1) is 16.1. The minimum absolute atomic E-state index is 0.352. The maximum atomic E-state index is 5.94. The van der Waals surface area contributed by atoms with Crippen LogP contribution < -0.4 is 5.43 Å². The first-order valence-corrected chi connectivity index (χ1v) is 9.69. The molecule has 1 aromatic heterocycles. The van der Waals surface area contributed by atoms with Crippen LogP contribution in [0.2, 0.25) is 5.02 Å². The monoisotopic (exact) mass is 359 g/mol. The Morgan fingerprint density at radius 2 is 2.00 bits per heavy atom. The molecule has 3 nitrogen and oxygen atoms in total. The van der Waals surface area contributed by atoms with Crippen molar-refractivity contribution in [3.05, 3.63) is 34.7 Å². The van der Waals surface area contributed by atoms with Crippen molar-refractivity contribution in [2.24, 2.45) is 21.8 Å². The molecule has 4 rings (SSSR count). The molecule has 1 N–H and O–H groups in total. The van der Waals surface area contributed by atoms with Crippen LogP contribution in [-0.4, -0.2) is 10.7 Å². The fraction of sp³-hybridized carbons (Fsp3) is 0.474. The highest BCUT2D eigenvalue weighted by Gasteiger charge is 2.59. The lowest BCUT2D eigenvalue weighted by Gasteiger charge is -2.33. The van der Waals surface area contributed by atoms with E-state index in [9.17, 15) is 0 Å². The molecule has 0 aliphatic heterocycles. The second-order valence-electron chi connectivity index (χ2n) is 7.81. The van der Waals surface area contributed by atoms with Gasteiger partial charge in [0.25, 0.3) is 0 Å². The molecule has 1 aromatic carbocycles. The first-order chi connectivity index (χ1) is 11.4. The van der Waals surface area contributed by atoms with Gasteiger partial charge in [-0.25, -0.2) is 4.98 Å². The van der Waals surface area contributed by atoms with Crippen LogP contribution in [0.25, 0.3) is 11.3 Å². The fourth-order valence-electron chi connectivity index (χ4n) is 4.30. The zero-order valence-electron chi connectivity index (χ0n) is 14.3. The van der Waals surface area contributed by atoms with Gasteiger partial charge in [-0.05, 0) is 42.2 Å². The number of rotatable bonds is 3. The number of hydrogen-bond donors (Lipinski definition) is 1. The Kier molecular flexibility index (Phi) is 3.73. The SMILES string of the molecule is CC1(C)[C@H]2CC[C@]1(C)C/C2=N/Nc1nc(-c2ccc(Cl)cc2)cs1. The Morgan fingerprint density at radius 1 is 1.25 bits per heavy atom. The van der Waals surface area contributed by atoms with E-state index < -0.39 is 0 Å². The van der Waals surface area contributed by atoms with Crippen molar-refractivity contribution in [2.75, 3.05) is 5.43 Å². The van der Waals surface area contributed by atoms with E-state index in [1.54, 1.807) is 11.3 Å². The lowest BCUT2D eigenvalue weighted by Crippen LogP contribution is -2.26. The average Bonchev–Trinajstić information content (AvgIpc) is 3.15. The van der Waals surface area contributed by atoms with Gasteiger partial charge in [0.2, 0.25) is 5.13 Å². The zero-order chi connectivity index (χ0) is 16.9. The summed E-state index contributed by atoms with van der Waals surface area (Å²) in [5.74, 6) is 0.602. The number of fused-ring (bicyclic) bond motifs is 2. The minimum Gasteiger partial charge on any atom is -0.253 e. The predicted octanol–water partition coefficient (Wildman–Crippen LogP) is 6.08. The quantitative estimate of drug-likeness (QED) is 0.674. The van der Waals surface area contributed by atoms with E-state index in [-0.39, 0.29) is 0 Å². The molecule has 5 heteroatoms. The molecule has 2 bridgehead atoms. The van der Waals surface area contributed by atoms with Crippen LogP contribution in [0.1, 0.15) is 40.0 Å². The summed E-state index contributed by atoms with van der Waals surface area (Å²) in [7, 11) is 0. The van der Waals surface area contributed by atoms with Crippen molar-refractivity contribution in [1.82, 2.24) is 4.98 Å². The van der Waals surface area contributed by atoms with Crippen molar-refractivity contribution >= 4 is 33.8 Å². The summed E-state index contributed by atoms with van der Waals surface area (Å²) in [6.45, 7) is 7.21. The number of hydrazone groups is 1. The van der Waals surface area contributed by atoms with Gasteiger partial charge in [0.05, 0.1) is 5.69 Å². The van der Waals surface area contributed by atoms with Crippen LogP contribution >= 0.6 is 22.9 Å². The van der Waals surface area contributed by atoms with Crippen LogP contribution in [-0.2, 0) is 0 Å². The van der Waals surface area contributed by atoms with Crippen LogP contribution in [0, 0.1) is 16.7 Å². The van der Waals surface area contributed by atoms with E-state index in [1.165, 1.54) is 18.6 Å². The number of thiazole rings is 1. The molecule has 0 amide bonds. The number of nitrogens with one attached hydrogen (secondary N) is 1. The summed E-state index contributed by atoms with van der Waals surface area (Å²) in [5.41, 5.74) is 7.30. The third kappa shape index (κ3) is 2.47. The standard InChI is InChI=1S/C19H22ClN3S/c1-18(2)14-8-9-19(18,3)10-15(14)22-23-17-21-16(11-24-17)12-4-6-13(20)7-5-12/h4-7,11,14H,8-10H2,1-3H3,(H,21,23)/b22-15-/t14-,19+/m0/s1. The van der Waals surface area contributed by atoms with Crippen LogP contribution in [0.3, 0.4) is 0 Å². The number of anilines is 1. The number of benzene rings is 1. The second kappa shape index (κ2) is 5.57. The molecule has 0 unspecified atom stereocenters. The van der Waals surface area contributed by atoms with Gasteiger partial charge in [0.1, 0.15) is 0 Å². The lowest BCUT2D eigenvalue weighted by atomic mass is 9.71. The first-order valence-electron chi connectivity index (χ1n) is 8.43. The molecule has 126 valence electrons. The average molecular weight is 360 g/mol. The molecule has 2 fully saturated rings. The van der Waals surface area contributed by atoms with E-state index in [2.05, 4.69) is 36.6 Å². The predicted molar refractivity (Wildman–Crippen MR) is 103 cm³/mol. The third-order valence-corrected chi connectivity index (χ3v) is 7.32. The van der Waals surface area contributed by atoms with E-state index in [0.717, 1.165) is 27.8 Å². The van der Waals surface area contributed by atoms with Crippen molar-refractivity contribution in [3.8, 4) is 11.3 Å². The number of nitrogens with zero attached hydrogens (tertiary/aromatic N) is 2. The van der Waals surface area contributed by atoms with Gasteiger partial charge in [-0.2, -0.15) is 5.10 Å². The Hall–Kier alpha value is -1.39. The molecule has 2 aliphatic rings. The summed E-state index contributed by atoms with van der Waals surface area (Å²) in [5, 5.41) is 8.37. The number of hydrogen-bond acceptors (Lipinski definition) is 4. The van der Waals surface area contributed by atoms with Gasteiger partial charge in [-0.1, -0.05) is 44.5 Å². The van der Waals surface area contributed by atoms with E-state index in [4.69, 9.17) is 16.7 Å². The Balaban J connectivity index is 1.51. The Labute approximate surface area is 152 Å². The molecule has 2 aromatic rings. The van der Waals surface area contributed by atoms with Crippen molar-refractivity contribution in [1.29, 1.82) is 0 Å². The number of halogens is 1. The lowest BCUT2D eigenvalue weighted by molar-refractivity contribution is 0.152. The summed E-state index contributed by atoms with van der Waals surface area (Å²) in [6, 6.07) is 7.77. The smallest absolute Gasteiger partial charge is 0.203 e. The zero-order valence-corrected chi connectivity index (χ0v) is 15.8. The molecule has 0 saturated heterocycles.